The topological polar surface area (TPSA) is 29.1 Å². The van der Waals surface area contributed by atoms with Gasteiger partial charge in [0, 0.05) is 16.3 Å². The number of hydrogen-bond acceptors (Lipinski definition) is 3. The number of carbonyl (C=O) groups is 1. The second-order valence-corrected chi connectivity index (χ2v) is 6.87. The summed E-state index contributed by atoms with van der Waals surface area (Å²) in [6.45, 7) is 1.95. The first-order valence-corrected chi connectivity index (χ1v) is 9.07. The minimum atomic E-state index is -0.0804. The van der Waals surface area contributed by atoms with E-state index in [-0.39, 0.29) is 11.2 Å². The van der Waals surface area contributed by atoms with E-state index in [1.54, 1.807) is 23.5 Å². The third kappa shape index (κ3) is 5.14. The molecule has 2 rings (SSSR count). The fourth-order valence-electron chi connectivity index (χ4n) is 1.82. The third-order valence-corrected chi connectivity index (χ3v) is 4.99. The highest BCUT2D eigenvalue weighted by molar-refractivity contribution is 7.99. The highest BCUT2D eigenvalue weighted by Crippen LogP contribution is 2.22. The molecule has 0 bridgehead atoms. The molecule has 0 aliphatic heterocycles. The summed E-state index contributed by atoms with van der Waals surface area (Å²) >= 11 is 3.32. The molecule has 1 atom stereocenters. The van der Waals surface area contributed by atoms with E-state index in [1.807, 2.05) is 55.6 Å². The number of benzene rings is 2. The van der Waals surface area contributed by atoms with Crippen LogP contribution in [0.5, 0.6) is 0 Å². The quantitative estimate of drug-likeness (QED) is 0.785. The van der Waals surface area contributed by atoms with E-state index in [0.717, 1.165) is 16.3 Å². The third-order valence-electron chi connectivity index (χ3n) is 3.05. The van der Waals surface area contributed by atoms with Gasteiger partial charge in [-0.2, -0.15) is 0 Å². The first-order chi connectivity index (χ1) is 10.2. The van der Waals surface area contributed by atoms with Crippen LogP contribution in [0.1, 0.15) is 12.5 Å². The maximum absolute atomic E-state index is 12.2. The van der Waals surface area contributed by atoms with Gasteiger partial charge in [-0.1, -0.05) is 36.4 Å². The second kappa shape index (κ2) is 8.15. The zero-order valence-electron chi connectivity index (χ0n) is 12.2. The minimum absolute atomic E-state index is 0.0502. The summed E-state index contributed by atoms with van der Waals surface area (Å²) < 4.78 is 0. The molecule has 2 nitrogen and oxygen atoms in total. The molecule has 0 radical (unpaired) electrons. The lowest BCUT2D eigenvalue weighted by Crippen LogP contribution is -2.22. The van der Waals surface area contributed by atoms with Gasteiger partial charge in [0.05, 0.1) is 5.25 Å². The maximum Gasteiger partial charge on any atom is 0.237 e. The number of nitrogens with one attached hydrogen (secondary N) is 1. The van der Waals surface area contributed by atoms with E-state index in [2.05, 4.69) is 17.4 Å². The Hall–Kier alpha value is -1.39. The standard InChI is InChI=1S/C17H19NOS2/c1-13(21-12-14-7-4-3-5-8-14)17(19)18-15-9-6-10-16(11-15)20-2/h3-11,13H,12H2,1-2H3,(H,18,19)/t13-/m1/s1. The lowest BCUT2D eigenvalue weighted by molar-refractivity contribution is -0.115. The zero-order valence-corrected chi connectivity index (χ0v) is 13.8. The van der Waals surface area contributed by atoms with Crippen molar-refractivity contribution >= 4 is 35.1 Å². The van der Waals surface area contributed by atoms with Crippen molar-refractivity contribution in [3.8, 4) is 0 Å². The molecule has 0 aliphatic rings. The number of thioether (sulfide) groups is 2. The number of anilines is 1. The molecule has 110 valence electrons. The van der Waals surface area contributed by atoms with E-state index in [4.69, 9.17) is 0 Å². The molecular weight excluding hydrogens is 298 g/mol. The van der Waals surface area contributed by atoms with Crippen LogP contribution in [0.2, 0.25) is 0 Å². The molecule has 0 aliphatic carbocycles. The van der Waals surface area contributed by atoms with E-state index < -0.39 is 0 Å². The SMILES string of the molecule is CSc1cccc(NC(=O)[C@@H](C)SCc2ccccc2)c1. The van der Waals surface area contributed by atoms with Gasteiger partial charge in [-0.25, -0.2) is 0 Å². The fraction of sp³-hybridized carbons (Fsp3) is 0.235. The lowest BCUT2D eigenvalue weighted by atomic mass is 10.2. The first-order valence-electron chi connectivity index (χ1n) is 6.79. The molecule has 21 heavy (non-hydrogen) atoms. The van der Waals surface area contributed by atoms with E-state index >= 15 is 0 Å². The molecule has 1 amide bonds. The molecule has 0 saturated carbocycles. The monoisotopic (exact) mass is 317 g/mol. The Morgan fingerprint density at radius 3 is 2.62 bits per heavy atom. The zero-order chi connectivity index (χ0) is 15.1. The Morgan fingerprint density at radius 2 is 1.90 bits per heavy atom. The van der Waals surface area contributed by atoms with E-state index in [9.17, 15) is 4.79 Å². The molecule has 0 aromatic heterocycles. The normalized spacial score (nSPS) is 11.9. The first kappa shape index (κ1) is 16.0. The predicted molar refractivity (Wildman–Crippen MR) is 94.1 cm³/mol. The average molecular weight is 317 g/mol. The lowest BCUT2D eigenvalue weighted by Gasteiger charge is -2.12. The van der Waals surface area contributed by atoms with E-state index in [0.29, 0.717) is 0 Å². The van der Waals surface area contributed by atoms with Crippen molar-refractivity contribution in [3.63, 3.8) is 0 Å². The van der Waals surface area contributed by atoms with Crippen molar-refractivity contribution in [1.29, 1.82) is 0 Å². The summed E-state index contributed by atoms with van der Waals surface area (Å²) in [4.78, 5) is 13.3. The molecule has 2 aromatic rings. The summed E-state index contributed by atoms with van der Waals surface area (Å²) in [7, 11) is 0. The van der Waals surface area contributed by atoms with Gasteiger partial charge in [-0.15, -0.1) is 23.5 Å². The number of rotatable bonds is 6. The van der Waals surface area contributed by atoms with Gasteiger partial charge in [-0.05, 0) is 36.9 Å². The van der Waals surface area contributed by atoms with Crippen molar-refractivity contribution in [2.45, 2.75) is 22.8 Å². The summed E-state index contributed by atoms with van der Waals surface area (Å²) in [5.41, 5.74) is 2.10. The van der Waals surface area contributed by atoms with Gasteiger partial charge in [0.25, 0.3) is 0 Å². The fourth-order valence-corrected chi connectivity index (χ4v) is 3.12. The highest BCUT2D eigenvalue weighted by Gasteiger charge is 2.13. The molecule has 0 heterocycles. The van der Waals surface area contributed by atoms with Crippen LogP contribution in [0, 0.1) is 0 Å². The maximum atomic E-state index is 12.2. The molecule has 0 saturated heterocycles. The summed E-state index contributed by atoms with van der Waals surface area (Å²) in [6, 6.07) is 18.1. The molecule has 0 fully saturated rings. The Labute approximate surface area is 134 Å². The van der Waals surface area contributed by atoms with Gasteiger partial charge in [-0.3, -0.25) is 4.79 Å². The van der Waals surface area contributed by atoms with Crippen molar-refractivity contribution < 1.29 is 4.79 Å². The number of hydrogen-bond donors (Lipinski definition) is 1. The average Bonchev–Trinajstić information content (AvgIpc) is 2.53. The van der Waals surface area contributed by atoms with Gasteiger partial charge >= 0.3 is 0 Å². The van der Waals surface area contributed by atoms with Crippen LogP contribution in [0.15, 0.2) is 59.5 Å². The van der Waals surface area contributed by atoms with Crippen molar-refractivity contribution in [1.82, 2.24) is 0 Å². The van der Waals surface area contributed by atoms with E-state index in [1.165, 1.54) is 5.56 Å². The Bertz CT molecular complexity index is 586. The Kier molecular flexibility index (Phi) is 6.21. The number of amides is 1. The smallest absolute Gasteiger partial charge is 0.237 e. The summed E-state index contributed by atoms with van der Waals surface area (Å²) in [5, 5.41) is 2.90. The largest absolute Gasteiger partial charge is 0.325 e. The Morgan fingerprint density at radius 1 is 1.14 bits per heavy atom. The molecule has 1 N–H and O–H groups in total. The van der Waals surface area contributed by atoms with Crippen LogP contribution in [0.3, 0.4) is 0 Å². The summed E-state index contributed by atoms with van der Waals surface area (Å²) in [6.07, 6.45) is 2.03. The van der Waals surface area contributed by atoms with Crippen LogP contribution < -0.4 is 5.32 Å². The van der Waals surface area contributed by atoms with Crippen molar-refractivity contribution in [2.24, 2.45) is 0 Å². The minimum Gasteiger partial charge on any atom is -0.325 e. The van der Waals surface area contributed by atoms with Gasteiger partial charge in [0.2, 0.25) is 5.91 Å². The van der Waals surface area contributed by atoms with Crippen LogP contribution in [-0.4, -0.2) is 17.4 Å². The molecule has 0 unspecified atom stereocenters. The van der Waals surface area contributed by atoms with Crippen LogP contribution in [0.25, 0.3) is 0 Å². The van der Waals surface area contributed by atoms with Gasteiger partial charge in [0.1, 0.15) is 0 Å². The number of carbonyl (C=O) groups excluding carboxylic acids is 1. The molecule has 2 aromatic carbocycles. The van der Waals surface area contributed by atoms with Crippen LogP contribution in [-0.2, 0) is 10.5 Å². The second-order valence-electron chi connectivity index (χ2n) is 4.66. The highest BCUT2D eigenvalue weighted by atomic mass is 32.2. The molecule has 4 heteroatoms. The molecular formula is C17H19NOS2. The van der Waals surface area contributed by atoms with Crippen molar-refractivity contribution in [2.75, 3.05) is 11.6 Å². The van der Waals surface area contributed by atoms with Crippen LogP contribution >= 0.6 is 23.5 Å². The molecule has 0 spiro atoms. The van der Waals surface area contributed by atoms with Gasteiger partial charge < -0.3 is 5.32 Å². The summed E-state index contributed by atoms with van der Waals surface area (Å²) in [5.74, 6) is 0.898. The Balaban J connectivity index is 1.87. The van der Waals surface area contributed by atoms with Gasteiger partial charge in [0.15, 0.2) is 0 Å². The van der Waals surface area contributed by atoms with Crippen molar-refractivity contribution in [3.05, 3.63) is 60.2 Å². The van der Waals surface area contributed by atoms with Crippen LogP contribution in [0.4, 0.5) is 5.69 Å². The predicted octanol–water partition coefficient (Wildman–Crippen LogP) is 4.67.